The molecule has 0 radical (unpaired) electrons. The topological polar surface area (TPSA) is 114 Å². The van der Waals surface area contributed by atoms with E-state index in [4.69, 9.17) is 5.26 Å². The minimum atomic E-state index is -3.80. The third-order valence-corrected chi connectivity index (χ3v) is 3.12. The number of hydrogen-bond acceptors (Lipinski definition) is 6. The molecule has 0 saturated heterocycles. The number of hydrogen-bond donors (Lipinski definition) is 1. The van der Waals surface area contributed by atoms with Gasteiger partial charge < -0.3 is 9.50 Å². The summed E-state index contributed by atoms with van der Waals surface area (Å²) in [5.41, 5.74) is -1.08. The summed E-state index contributed by atoms with van der Waals surface area (Å²) in [6, 6.07) is 2.04. The van der Waals surface area contributed by atoms with E-state index >= 15 is 0 Å². The van der Waals surface area contributed by atoms with Crippen LogP contribution in [0.4, 0.5) is 0 Å². The van der Waals surface area contributed by atoms with Gasteiger partial charge in [-0.25, -0.2) is 0 Å². The van der Waals surface area contributed by atoms with Crippen LogP contribution in [0.2, 0.25) is 0 Å². The van der Waals surface area contributed by atoms with Gasteiger partial charge in [-0.05, 0) is 13.3 Å². The number of nitrogens with zero attached hydrogens (tertiary/aromatic N) is 3. The van der Waals surface area contributed by atoms with Gasteiger partial charge in [0, 0.05) is 13.2 Å². The van der Waals surface area contributed by atoms with Crippen molar-refractivity contribution in [2.45, 2.75) is 32.2 Å². The van der Waals surface area contributed by atoms with Gasteiger partial charge in [-0.3, -0.25) is 9.48 Å². The third-order valence-electron chi connectivity index (χ3n) is 2.66. The smallest absolute Gasteiger partial charge is 0.307 e. The Kier molecular flexibility index (Phi) is 4.96. The number of nitrogens with one attached hydrogen (secondary N) is 1. The molecule has 0 aliphatic heterocycles. The summed E-state index contributed by atoms with van der Waals surface area (Å²) in [4.78, 5) is 12.2. The molecule has 1 aromatic heterocycles. The van der Waals surface area contributed by atoms with Gasteiger partial charge in [0.05, 0.1) is 12.3 Å². The number of carbonyl (C=O) groups excluding carboxylic acids is 1. The summed E-state index contributed by atoms with van der Waals surface area (Å²) in [6.07, 6.45) is 3.38. The Labute approximate surface area is 123 Å². The van der Waals surface area contributed by atoms with Crippen molar-refractivity contribution in [1.82, 2.24) is 15.1 Å². The third kappa shape index (κ3) is 4.75. The van der Waals surface area contributed by atoms with E-state index < -0.39 is 21.6 Å². The lowest BCUT2D eigenvalue weighted by Gasteiger charge is -2.22. The Morgan fingerprint density at radius 3 is 2.71 bits per heavy atom. The lowest BCUT2D eigenvalue weighted by molar-refractivity contribution is 0.0920. The van der Waals surface area contributed by atoms with Crippen LogP contribution in [0.3, 0.4) is 0 Å². The summed E-state index contributed by atoms with van der Waals surface area (Å²) in [5, 5.41) is 15.5. The van der Waals surface area contributed by atoms with E-state index in [-0.39, 0.29) is 11.4 Å². The number of carbonyl (C=O) groups is 1. The normalized spacial score (nSPS) is 14.0. The second kappa shape index (κ2) is 6.13. The molecule has 1 N–H and O–H groups in total. The van der Waals surface area contributed by atoms with Crippen LogP contribution in [0.1, 0.15) is 37.0 Å². The van der Waals surface area contributed by atoms with Crippen LogP contribution in [0.25, 0.3) is 0 Å². The highest BCUT2D eigenvalue weighted by atomic mass is 32.2. The molecule has 21 heavy (non-hydrogen) atoms. The van der Waals surface area contributed by atoms with Gasteiger partial charge in [-0.15, -0.1) is 5.10 Å². The largest absolute Gasteiger partial charge is 0.359 e. The SMILES string of the molecule is CCCC(C)(C#N)NC(=O)c1cn(C)nc1OS(C)(=O)=O. The van der Waals surface area contributed by atoms with Gasteiger partial charge in [0.1, 0.15) is 11.1 Å². The van der Waals surface area contributed by atoms with Gasteiger partial charge in [-0.2, -0.15) is 13.7 Å². The molecule has 1 unspecified atom stereocenters. The molecular weight excluding hydrogens is 296 g/mol. The van der Waals surface area contributed by atoms with Crippen LogP contribution < -0.4 is 9.50 Å². The molecule has 0 bridgehead atoms. The van der Waals surface area contributed by atoms with Crippen molar-refractivity contribution < 1.29 is 17.4 Å². The average Bonchev–Trinajstić information content (AvgIpc) is 2.68. The monoisotopic (exact) mass is 314 g/mol. The highest BCUT2D eigenvalue weighted by Crippen LogP contribution is 2.19. The summed E-state index contributed by atoms with van der Waals surface area (Å²) in [6.45, 7) is 3.49. The molecule has 1 rings (SSSR count). The molecule has 0 fully saturated rings. The van der Waals surface area contributed by atoms with Gasteiger partial charge >= 0.3 is 10.1 Å². The van der Waals surface area contributed by atoms with Crippen LogP contribution >= 0.6 is 0 Å². The van der Waals surface area contributed by atoms with Crippen molar-refractivity contribution in [3.8, 4) is 11.9 Å². The van der Waals surface area contributed by atoms with Crippen LogP contribution in [-0.4, -0.2) is 35.9 Å². The van der Waals surface area contributed by atoms with E-state index in [9.17, 15) is 13.2 Å². The van der Waals surface area contributed by atoms with Crippen molar-refractivity contribution >= 4 is 16.0 Å². The molecule has 0 aliphatic carbocycles. The first-order chi connectivity index (χ1) is 9.60. The Bertz CT molecular complexity index is 674. The fraction of sp³-hybridized carbons (Fsp3) is 0.583. The average molecular weight is 314 g/mol. The molecular formula is C12H18N4O4S. The standard InChI is InChI=1S/C12H18N4O4S/c1-5-6-12(2,8-13)14-10(17)9-7-16(3)15-11(9)20-21(4,18)19/h7H,5-6H2,1-4H3,(H,14,17). The van der Waals surface area contributed by atoms with Crippen molar-refractivity contribution in [3.63, 3.8) is 0 Å². The van der Waals surface area contributed by atoms with E-state index in [1.165, 1.54) is 17.9 Å². The first kappa shape index (κ1) is 17.0. The second-order valence-corrected chi connectivity index (χ2v) is 6.53. The first-order valence-corrected chi connectivity index (χ1v) is 8.08. The molecule has 1 heterocycles. The van der Waals surface area contributed by atoms with Crippen LogP contribution in [-0.2, 0) is 17.2 Å². The molecule has 116 valence electrons. The predicted octanol–water partition coefficient (Wildman–Crippen LogP) is 0.571. The van der Waals surface area contributed by atoms with E-state index in [2.05, 4.69) is 14.6 Å². The fourth-order valence-corrected chi connectivity index (χ4v) is 2.20. The molecule has 0 aromatic carbocycles. The molecule has 9 heteroatoms. The molecule has 0 spiro atoms. The van der Waals surface area contributed by atoms with Crippen LogP contribution in [0.15, 0.2) is 6.20 Å². The number of aryl methyl sites for hydroxylation is 1. The van der Waals surface area contributed by atoms with E-state index in [0.717, 1.165) is 6.26 Å². The summed E-state index contributed by atoms with van der Waals surface area (Å²) in [5.74, 6) is -0.923. The highest BCUT2D eigenvalue weighted by Gasteiger charge is 2.28. The van der Waals surface area contributed by atoms with Gasteiger partial charge in [0.25, 0.3) is 11.8 Å². The maximum atomic E-state index is 12.2. The van der Waals surface area contributed by atoms with Crippen LogP contribution in [0.5, 0.6) is 5.88 Å². The Morgan fingerprint density at radius 2 is 2.24 bits per heavy atom. The maximum absolute atomic E-state index is 12.2. The Morgan fingerprint density at radius 1 is 1.62 bits per heavy atom. The predicted molar refractivity (Wildman–Crippen MR) is 75.1 cm³/mol. The summed E-state index contributed by atoms with van der Waals surface area (Å²) >= 11 is 0. The number of rotatable bonds is 6. The molecule has 1 amide bonds. The Hall–Kier alpha value is -2.08. The number of nitriles is 1. The number of amides is 1. The summed E-state index contributed by atoms with van der Waals surface area (Å²) in [7, 11) is -2.27. The van der Waals surface area contributed by atoms with Gasteiger partial charge in [0.15, 0.2) is 0 Å². The van der Waals surface area contributed by atoms with Crippen molar-refractivity contribution in [1.29, 1.82) is 5.26 Å². The fourth-order valence-electron chi connectivity index (χ4n) is 1.79. The van der Waals surface area contributed by atoms with Crippen molar-refractivity contribution in [2.75, 3.05) is 6.26 Å². The summed E-state index contributed by atoms with van der Waals surface area (Å²) < 4.78 is 28.3. The van der Waals surface area contributed by atoms with Crippen molar-refractivity contribution in [3.05, 3.63) is 11.8 Å². The zero-order chi connectivity index (χ0) is 16.3. The van der Waals surface area contributed by atoms with E-state index in [1.54, 1.807) is 6.92 Å². The van der Waals surface area contributed by atoms with Gasteiger partial charge in [-0.1, -0.05) is 13.3 Å². The molecule has 8 nitrogen and oxygen atoms in total. The first-order valence-electron chi connectivity index (χ1n) is 6.27. The number of aromatic nitrogens is 2. The highest BCUT2D eigenvalue weighted by molar-refractivity contribution is 7.86. The second-order valence-electron chi connectivity index (χ2n) is 4.96. The zero-order valence-corrected chi connectivity index (χ0v) is 13.2. The van der Waals surface area contributed by atoms with E-state index in [1.807, 2.05) is 13.0 Å². The minimum absolute atomic E-state index is 0.0412. The zero-order valence-electron chi connectivity index (χ0n) is 12.4. The van der Waals surface area contributed by atoms with Gasteiger partial charge in [0.2, 0.25) is 0 Å². The lowest BCUT2D eigenvalue weighted by atomic mass is 9.98. The lowest BCUT2D eigenvalue weighted by Crippen LogP contribution is -2.44. The molecule has 1 aromatic rings. The molecule has 0 saturated carbocycles. The maximum Gasteiger partial charge on any atom is 0.307 e. The van der Waals surface area contributed by atoms with Crippen molar-refractivity contribution in [2.24, 2.45) is 7.05 Å². The molecule has 0 aliphatic rings. The molecule has 1 atom stereocenters. The quantitative estimate of drug-likeness (QED) is 0.768. The minimum Gasteiger partial charge on any atom is -0.359 e. The van der Waals surface area contributed by atoms with Crippen LogP contribution in [0, 0.1) is 11.3 Å². The Balaban J connectivity index is 3.06. The van der Waals surface area contributed by atoms with E-state index in [0.29, 0.717) is 12.8 Å².